The average molecular weight is 509 g/mol. The van der Waals surface area contributed by atoms with Gasteiger partial charge in [-0.1, -0.05) is 36.7 Å². The van der Waals surface area contributed by atoms with Crippen molar-refractivity contribution in [3.05, 3.63) is 65.2 Å². The first-order valence-electron chi connectivity index (χ1n) is 10.7. The summed E-state index contributed by atoms with van der Waals surface area (Å²) in [4.78, 5) is 21.1. The van der Waals surface area contributed by atoms with Crippen molar-refractivity contribution in [1.29, 1.82) is 0 Å². The number of alkyl halides is 3. The quantitative estimate of drug-likeness (QED) is 0.441. The molecule has 0 aliphatic carbocycles. The molecule has 2 N–H and O–H groups in total. The van der Waals surface area contributed by atoms with E-state index in [0.717, 1.165) is 13.0 Å². The second-order valence-electron chi connectivity index (χ2n) is 7.99. The molecule has 1 aliphatic heterocycles. The highest BCUT2D eigenvalue weighted by Crippen LogP contribution is 2.27. The summed E-state index contributed by atoms with van der Waals surface area (Å²) in [5.74, 6) is 1.10. The van der Waals surface area contributed by atoms with Gasteiger partial charge >= 0.3 is 6.18 Å². The topological polar surface area (TPSA) is 85.3 Å². The Morgan fingerprint density at radius 3 is 2.54 bits per heavy atom. The van der Waals surface area contributed by atoms with E-state index < -0.39 is 12.8 Å². The highest BCUT2D eigenvalue weighted by molar-refractivity contribution is 6.30. The van der Waals surface area contributed by atoms with Crippen molar-refractivity contribution in [2.75, 3.05) is 18.5 Å². The van der Waals surface area contributed by atoms with Crippen LogP contribution in [-0.2, 0) is 20.9 Å². The lowest BCUT2D eigenvalue weighted by Crippen LogP contribution is -2.16. The van der Waals surface area contributed by atoms with Crippen LogP contribution >= 0.6 is 11.6 Å². The smallest absolute Gasteiger partial charge is 0.367 e. The molecule has 1 fully saturated rings. The molecule has 0 radical (unpaired) electrons. The normalized spacial score (nSPS) is 15.2. The zero-order chi connectivity index (χ0) is 25.4. The van der Waals surface area contributed by atoms with Gasteiger partial charge in [-0.25, -0.2) is 4.68 Å². The van der Waals surface area contributed by atoms with Gasteiger partial charge in [-0.3, -0.25) is 9.59 Å². The van der Waals surface area contributed by atoms with Gasteiger partial charge in [0.1, 0.15) is 6.61 Å². The summed E-state index contributed by atoms with van der Waals surface area (Å²) in [6, 6.07) is 15.5. The number of hydrogen-bond acceptors (Lipinski definition) is 4. The van der Waals surface area contributed by atoms with Gasteiger partial charge in [0, 0.05) is 29.6 Å². The molecule has 1 aliphatic rings. The van der Waals surface area contributed by atoms with Crippen molar-refractivity contribution in [2.45, 2.75) is 26.1 Å². The summed E-state index contributed by atoms with van der Waals surface area (Å²) < 4.78 is 43.1. The molecular formula is C24H24ClF3N4O3. The van der Waals surface area contributed by atoms with E-state index in [0.29, 0.717) is 45.7 Å². The molecule has 186 valence electrons. The van der Waals surface area contributed by atoms with Crippen LogP contribution in [0.25, 0.3) is 16.9 Å². The summed E-state index contributed by atoms with van der Waals surface area (Å²) in [6.45, 7) is 1.45. The molecule has 3 aromatic rings. The third kappa shape index (κ3) is 8.11. The lowest BCUT2D eigenvalue weighted by atomic mass is 10.1. The van der Waals surface area contributed by atoms with E-state index in [4.69, 9.17) is 16.3 Å². The molecule has 2 amide bonds. The van der Waals surface area contributed by atoms with E-state index in [-0.39, 0.29) is 12.5 Å². The Hall–Kier alpha value is -3.37. The van der Waals surface area contributed by atoms with Crippen molar-refractivity contribution in [2.24, 2.45) is 5.92 Å². The zero-order valence-electron chi connectivity index (χ0n) is 18.8. The van der Waals surface area contributed by atoms with Gasteiger partial charge in [-0.2, -0.15) is 13.2 Å². The molecule has 11 heteroatoms. The summed E-state index contributed by atoms with van der Waals surface area (Å²) >= 11 is 5.93. The minimum atomic E-state index is -4.37. The number of halogens is 4. The third-order valence-electron chi connectivity index (χ3n) is 4.93. The SMILES string of the molecule is CC1CNC(=O)C1.O=CNc1cc(-c2cccc(COCC(F)(F)F)c2)n(-c2ccc(Cl)cc2)n1. The Morgan fingerprint density at radius 1 is 1.23 bits per heavy atom. The minimum absolute atomic E-state index is 0.179. The molecule has 1 unspecified atom stereocenters. The van der Waals surface area contributed by atoms with E-state index in [1.54, 1.807) is 59.3 Å². The molecule has 4 rings (SSSR count). The zero-order valence-corrected chi connectivity index (χ0v) is 19.6. The fraction of sp³-hybridized carbons (Fsp3) is 0.292. The molecule has 2 aromatic carbocycles. The van der Waals surface area contributed by atoms with Crippen LogP contribution in [0.1, 0.15) is 18.9 Å². The van der Waals surface area contributed by atoms with Crippen molar-refractivity contribution in [3.63, 3.8) is 0 Å². The van der Waals surface area contributed by atoms with Crippen molar-refractivity contribution < 1.29 is 27.5 Å². The first-order chi connectivity index (χ1) is 16.6. The predicted molar refractivity (Wildman–Crippen MR) is 126 cm³/mol. The number of hydrogen-bond donors (Lipinski definition) is 2. The molecule has 1 aromatic heterocycles. The number of nitrogens with zero attached hydrogens (tertiary/aromatic N) is 2. The fourth-order valence-corrected chi connectivity index (χ4v) is 3.48. The molecule has 0 spiro atoms. The van der Waals surface area contributed by atoms with Crippen molar-refractivity contribution in [1.82, 2.24) is 15.1 Å². The molecule has 35 heavy (non-hydrogen) atoms. The van der Waals surface area contributed by atoms with Gasteiger partial charge in [0.25, 0.3) is 0 Å². The predicted octanol–water partition coefficient (Wildman–Crippen LogP) is 4.98. The van der Waals surface area contributed by atoms with E-state index in [2.05, 4.69) is 22.7 Å². The Balaban J connectivity index is 0.000000420. The number of amides is 2. The fourth-order valence-electron chi connectivity index (χ4n) is 3.35. The monoisotopic (exact) mass is 508 g/mol. The van der Waals surface area contributed by atoms with Gasteiger partial charge < -0.3 is 15.4 Å². The summed E-state index contributed by atoms with van der Waals surface area (Å²) in [7, 11) is 0. The van der Waals surface area contributed by atoms with Gasteiger partial charge in [-0.05, 0) is 41.8 Å². The van der Waals surface area contributed by atoms with Gasteiger partial charge in [0.05, 0.1) is 18.0 Å². The van der Waals surface area contributed by atoms with E-state index in [1.165, 1.54) is 0 Å². The molecule has 0 bridgehead atoms. The number of ether oxygens (including phenoxy) is 1. The van der Waals surface area contributed by atoms with Crippen LogP contribution in [-0.4, -0.2) is 41.4 Å². The number of aromatic nitrogens is 2. The van der Waals surface area contributed by atoms with Crippen LogP contribution in [0, 0.1) is 5.92 Å². The van der Waals surface area contributed by atoms with Gasteiger partial charge in [-0.15, -0.1) is 5.10 Å². The molecule has 7 nitrogen and oxygen atoms in total. The van der Waals surface area contributed by atoms with E-state index in [1.807, 2.05) is 0 Å². The third-order valence-corrected chi connectivity index (χ3v) is 5.18. The number of rotatable bonds is 7. The maximum Gasteiger partial charge on any atom is 0.411 e. The lowest BCUT2D eigenvalue weighted by molar-refractivity contribution is -0.176. The van der Waals surface area contributed by atoms with Crippen molar-refractivity contribution >= 4 is 29.7 Å². The lowest BCUT2D eigenvalue weighted by Gasteiger charge is -2.10. The summed E-state index contributed by atoms with van der Waals surface area (Å²) in [5.41, 5.74) is 2.63. The van der Waals surface area contributed by atoms with Crippen LogP contribution in [0.3, 0.4) is 0 Å². The first kappa shape index (κ1) is 26.2. The number of nitrogens with one attached hydrogen (secondary N) is 2. The second kappa shape index (κ2) is 11.9. The second-order valence-corrected chi connectivity index (χ2v) is 8.42. The van der Waals surface area contributed by atoms with E-state index >= 15 is 0 Å². The Bertz CT molecular complexity index is 1150. The number of carbonyl (C=O) groups is 2. The molecule has 2 heterocycles. The Morgan fingerprint density at radius 2 is 1.97 bits per heavy atom. The first-order valence-corrected chi connectivity index (χ1v) is 11.1. The van der Waals surface area contributed by atoms with Crippen LogP contribution in [0.2, 0.25) is 5.02 Å². The molecular weight excluding hydrogens is 485 g/mol. The average Bonchev–Trinajstić information content (AvgIpc) is 3.39. The van der Waals surface area contributed by atoms with Crippen LogP contribution in [0.4, 0.5) is 19.0 Å². The highest BCUT2D eigenvalue weighted by atomic mass is 35.5. The van der Waals surface area contributed by atoms with Crippen LogP contribution < -0.4 is 10.6 Å². The molecule has 1 atom stereocenters. The minimum Gasteiger partial charge on any atom is -0.367 e. The Kier molecular flexibility index (Phi) is 8.89. The molecule has 0 saturated carbocycles. The van der Waals surface area contributed by atoms with Crippen molar-refractivity contribution in [3.8, 4) is 16.9 Å². The summed E-state index contributed by atoms with van der Waals surface area (Å²) in [5, 5.41) is 10.1. The number of benzene rings is 2. The number of anilines is 1. The standard InChI is InChI=1S/C19H15ClF3N3O2.C5H9NO/c20-15-4-6-16(7-5-15)26-17(9-18(25-26)24-12-27)14-3-1-2-13(8-14)10-28-11-19(21,22)23;1-4-2-5(7)6-3-4/h1-9,12H,10-11H2,(H,24,25,27);4H,2-3H2,1H3,(H,6,7). The van der Waals surface area contributed by atoms with Gasteiger partial charge in [0.2, 0.25) is 12.3 Å². The highest BCUT2D eigenvalue weighted by Gasteiger charge is 2.27. The van der Waals surface area contributed by atoms with E-state index in [9.17, 15) is 22.8 Å². The summed E-state index contributed by atoms with van der Waals surface area (Å²) in [6.07, 6.45) is -3.14. The van der Waals surface area contributed by atoms with Gasteiger partial charge in [0.15, 0.2) is 5.82 Å². The number of carbonyl (C=O) groups excluding carboxylic acids is 2. The Labute approximate surface area is 205 Å². The largest absolute Gasteiger partial charge is 0.411 e. The maximum absolute atomic E-state index is 12.3. The van der Waals surface area contributed by atoms with Crippen LogP contribution in [0.15, 0.2) is 54.6 Å². The maximum atomic E-state index is 12.3. The van der Waals surface area contributed by atoms with Crippen LogP contribution in [0.5, 0.6) is 0 Å². The molecule has 1 saturated heterocycles.